The van der Waals surface area contributed by atoms with E-state index in [-0.39, 0.29) is 31.1 Å². The molecular weight excluding hydrogens is 494 g/mol. The number of amides is 3. The van der Waals surface area contributed by atoms with Crippen LogP contribution in [0.5, 0.6) is 0 Å². The number of carboxylic acids is 1. The van der Waals surface area contributed by atoms with Crippen molar-refractivity contribution in [2.75, 3.05) is 6.54 Å². The number of carbonyl (C=O) groups is 4. The topological polar surface area (TPSA) is 235 Å². The quantitative estimate of drug-likeness (QED) is 0.0703. The SMILES string of the molecule is CC(C)CC(NC(=O)C(N)CCCN=C(N)N)C(=O)NC(Cc1ccccc1)C(=O)NC(C(=O)O)C(C)O. The molecule has 0 spiro atoms. The molecule has 0 aromatic heterocycles. The van der Waals surface area contributed by atoms with E-state index in [1.807, 2.05) is 13.8 Å². The van der Waals surface area contributed by atoms with Gasteiger partial charge in [-0.2, -0.15) is 0 Å². The lowest BCUT2D eigenvalue weighted by Gasteiger charge is -2.26. The molecule has 0 saturated carbocycles. The van der Waals surface area contributed by atoms with Crippen LogP contribution in [0.4, 0.5) is 0 Å². The molecule has 1 aromatic rings. The number of nitrogens with two attached hydrogens (primary N) is 3. The molecular formula is C25H41N7O6. The highest BCUT2D eigenvalue weighted by Gasteiger charge is 2.32. The van der Waals surface area contributed by atoms with Gasteiger partial charge in [-0.25, -0.2) is 4.79 Å². The zero-order chi connectivity index (χ0) is 28.8. The maximum atomic E-state index is 13.3. The molecule has 0 aliphatic rings. The first-order valence-electron chi connectivity index (χ1n) is 12.5. The van der Waals surface area contributed by atoms with Crippen LogP contribution in [0, 0.1) is 5.92 Å². The van der Waals surface area contributed by atoms with E-state index in [9.17, 15) is 29.4 Å². The lowest BCUT2D eigenvalue weighted by atomic mass is 10.00. The maximum Gasteiger partial charge on any atom is 0.328 e. The Morgan fingerprint density at radius 1 is 0.921 bits per heavy atom. The summed E-state index contributed by atoms with van der Waals surface area (Å²) in [6.45, 7) is 5.28. The molecule has 13 nitrogen and oxygen atoms in total. The van der Waals surface area contributed by atoms with E-state index < -0.39 is 54.0 Å². The number of aliphatic hydroxyl groups excluding tert-OH is 1. The van der Waals surface area contributed by atoms with Gasteiger partial charge in [0.1, 0.15) is 12.1 Å². The summed E-state index contributed by atoms with van der Waals surface area (Å²) in [7, 11) is 0. The first-order chi connectivity index (χ1) is 17.8. The minimum absolute atomic E-state index is 0.0113. The van der Waals surface area contributed by atoms with Crippen LogP contribution in [0.2, 0.25) is 0 Å². The minimum Gasteiger partial charge on any atom is -0.480 e. The zero-order valence-corrected chi connectivity index (χ0v) is 22.1. The minimum atomic E-state index is -1.57. The van der Waals surface area contributed by atoms with Crippen molar-refractivity contribution < 1.29 is 29.4 Å². The van der Waals surface area contributed by atoms with E-state index in [1.54, 1.807) is 30.3 Å². The van der Waals surface area contributed by atoms with E-state index in [1.165, 1.54) is 6.92 Å². The number of nitrogens with zero attached hydrogens (tertiary/aromatic N) is 1. The fourth-order valence-electron chi connectivity index (χ4n) is 3.61. The smallest absolute Gasteiger partial charge is 0.328 e. The average molecular weight is 536 g/mol. The molecule has 1 rings (SSSR count). The average Bonchev–Trinajstić information content (AvgIpc) is 2.83. The van der Waals surface area contributed by atoms with E-state index >= 15 is 0 Å². The normalized spacial score (nSPS) is 14.9. The fraction of sp³-hybridized carbons (Fsp3) is 0.560. The van der Waals surface area contributed by atoms with Gasteiger partial charge in [0.15, 0.2) is 12.0 Å². The Hall–Kier alpha value is -3.71. The molecule has 1 aromatic carbocycles. The number of aliphatic hydroxyl groups is 1. The Balaban J connectivity index is 3.03. The van der Waals surface area contributed by atoms with Crippen molar-refractivity contribution in [3.63, 3.8) is 0 Å². The van der Waals surface area contributed by atoms with Gasteiger partial charge in [-0.1, -0.05) is 44.2 Å². The molecule has 0 aliphatic heterocycles. The Labute approximate surface area is 222 Å². The van der Waals surface area contributed by atoms with E-state index in [0.717, 1.165) is 0 Å². The molecule has 11 N–H and O–H groups in total. The first kappa shape index (κ1) is 32.3. The number of carbonyl (C=O) groups excluding carboxylic acids is 3. The van der Waals surface area contributed by atoms with Gasteiger partial charge in [0, 0.05) is 13.0 Å². The van der Waals surface area contributed by atoms with Crippen LogP contribution in [0.25, 0.3) is 0 Å². The van der Waals surface area contributed by atoms with E-state index in [2.05, 4.69) is 20.9 Å². The van der Waals surface area contributed by atoms with Crippen LogP contribution >= 0.6 is 0 Å². The third kappa shape index (κ3) is 12.0. The number of hydrogen-bond donors (Lipinski definition) is 8. The van der Waals surface area contributed by atoms with Gasteiger partial charge in [0.2, 0.25) is 17.7 Å². The highest BCUT2D eigenvalue weighted by Crippen LogP contribution is 2.09. The number of nitrogens with one attached hydrogen (secondary N) is 3. The molecule has 212 valence electrons. The summed E-state index contributed by atoms with van der Waals surface area (Å²) in [5.41, 5.74) is 17.3. The zero-order valence-electron chi connectivity index (χ0n) is 22.1. The van der Waals surface area contributed by atoms with Crippen molar-refractivity contribution in [1.82, 2.24) is 16.0 Å². The van der Waals surface area contributed by atoms with Crippen molar-refractivity contribution in [2.45, 2.75) is 76.7 Å². The van der Waals surface area contributed by atoms with E-state index in [0.29, 0.717) is 18.5 Å². The summed E-state index contributed by atoms with van der Waals surface area (Å²) in [5, 5.41) is 26.7. The van der Waals surface area contributed by atoms with Crippen LogP contribution in [-0.2, 0) is 25.6 Å². The number of rotatable bonds is 16. The summed E-state index contributed by atoms with van der Waals surface area (Å²) >= 11 is 0. The van der Waals surface area contributed by atoms with Gasteiger partial charge in [-0.15, -0.1) is 0 Å². The van der Waals surface area contributed by atoms with Crippen molar-refractivity contribution in [2.24, 2.45) is 28.1 Å². The highest BCUT2D eigenvalue weighted by molar-refractivity contribution is 5.94. The number of benzene rings is 1. The van der Waals surface area contributed by atoms with Gasteiger partial charge in [0.25, 0.3) is 0 Å². The Kier molecular flexibility index (Phi) is 13.8. The summed E-state index contributed by atoms with van der Waals surface area (Å²) in [6, 6.07) is 4.18. The standard InChI is InChI=1S/C25H41N7O6/c1-14(2)12-18(30-21(34)17(26)10-7-11-29-25(27)28)22(35)31-19(13-16-8-5-4-6-9-16)23(36)32-20(15(3)33)24(37)38/h4-6,8-9,14-15,17-20,33H,7,10-13,26H2,1-3H3,(H,30,34)(H,31,35)(H,32,36)(H,37,38)(H4,27,28,29). The van der Waals surface area contributed by atoms with Crippen LogP contribution in [0.15, 0.2) is 35.3 Å². The summed E-state index contributed by atoms with van der Waals surface area (Å²) in [6.07, 6.45) is -0.305. The van der Waals surface area contributed by atoms with Crippen LogP contribution in [0.1, 0.15) is 45.6 Å². The Morgan fingerprint density at radius 3 is 2.03 bits per heavy atom. The molecule has 38 heavy (non-hydrogen) atoms. The third-order valence-electron chi connectivity index (χ3n) is 5.61. The van der Waals surface area contributed by atoms with Gasteiger partial charge in [-0.3, -0.25) is 19.4 Å². The van der Waals surface area contributed by atoms with Crippen molar-refractivity contribution in [3.05, 3.63) is 35.9 Å². The summed E-state index contributed by atoms with van der Waals surface area (Å²) in [4.78, 5) is 54.3. The van der Waals surface area contributed by atoms with Crippen molar-refractivity contribution >= 4 is 29.7 Å². The van der Waals surface area contributed by atoms with Crippen LogP contribution in [-0.4, -0.2) is 76.7 Å². The maximum absolute atomic E-state index is 13.3. The lowest BCUT2D eigenvalue weighted by Crippen LogP contribution is -2.59. The molecule has 0 aliphatic carbocycles. The predicted octanol–water partition coefficient (Wildman–Crippen LogP) is -1.42. The molecule has 13 heteroatoms. The lowest BCUT2D eigenvalue weighted by molar-refractivity contribution is -0.145. The second kappa shape index (κ2) is 16.2. The third-order valence-corrected chi connectivity index (χ3v) is 5.61. The van der Waals surface area contributed by atoms with Crippen LogP contribution < -0.4 is 33.2 Å². The van der Waals surface area contributed by atoms with Gasteiger partial charge in [-0.05, 0) is 37.7 Å². The second-order valence-corrected chi connectivity index (χ2v) is 9.56. The summed E-state index contributed by atoms with van der Waals surface area (Å²) in [5.74, 6) is -3.43. The number of guanidine groups is 1. The number of aliphatic imine (C=N–C) groups is 1. The fourth-order valence-corrected chi connectivity index (χ4v) is 3.61. The largest absolute Gasteiger partial charge is 0.480 e. The molecule has 3 amide bonds. The molecule has 5 atom stereocenters. The molecule has 0 bridgehead atoms. The van der Waals surface area contributed by atoms with Crippen molar-refractivity contribution in [3.8, 4) is 0 Å². The highest BCUT2D eigenvalue weighted by atomic mass is 16.4. The molecule has 0 saturated heterocycles. The molecule has 0 radical (unpaired) electrons. The summed E-state index contributed by atoms with van der Waals surface area (Å²) < 4.78 is 0. The van der Waals surface area contributed by atoms with E-state index in [4.69, 9.17) is 17.2 Å². The van der Waals surface area contributed by atoms with Crippen molar-refractivity contribution in [1.29, 1.82) is 0 Å². The molecule has 0 heterocycles. The Morgan fingerprint density at radius 2 is 1.50 bits per heavy atom. The van der Waals surface area contributed by atoms with Crippen LogP contribution in [0.3, 0.4) is 0 Å². The first-order valence-corrected chi connectivity index (χ1v) is 12.5. The van der Waals surface area contributed by atoms with Gasteiger partial charge < -0.3 is 43.4 Å². The second-order valence-electron chi connectivity index (χ2n) is 9.56. The predicted molar refractivity (Wildman–Crippen MR) is 143 cm³/mol. The van der Waals surface area contributed by atoms with Gasteiger partial charge in [0.05, 0.1) is 12.1 Å². The number of aliphatic carboxylic acids is 1. The number of carboxylic acid groups (broad SMARTS) is 1. The molecule has 5 unspecified atom stereocenters. The monoisotopic (exact) mass is 535 g/mol. The number of hydrogen-bond acceptors (Lipinski definition) is 7. The molecule has 0 fully saturated rings. The van der Waals surface area contributed by atoms with Gasteiger partial charge >= 0.3 is 5.97 Å². The Bertz CT molecular complexity index is 951.